The number of β-amino-alcohol motifs (C(OH)–C–C–N with tert-alkyl or cyclic N) is 1. The van der Waals surface area contributed by atoms with Gasteiger partial charge in [-0.1, -0.05) is 12.1 Å². The van der Waals surface area contributed by atoms with E-state index in [0.717, 1.165) is 52.6 Å². The number of rotatable bonds is 5. The standard InChI is InChI=1S/C26H26N6O2/c1-26(33)7-9-32(16-26)22-6-5-20(12-23(22)34-2)29-24-25-28-8-10-31(25)15-21(30-24)17-3-4-18-13-27-14-19(18)11-17/h3-6,8,10-13,15,33H,7,9,14,16H2,1-2H3,(H,29,30). The predicted octanol–water partition coefficient (Wildman–Crippen LogP) is 4.04. The summed E-state index contributed by atoms with van der Waals surface area (Å²) in [4.78, 5) is 15.9. The van der Waals surface area contributed by atoms with Gasteiger partial charge in [-0.05, 0) is 42.7 Å². The third-order valence-electron chi connectivity index (χ3n) is 6.54. The number of hydrogen-bond donors (Lipinski definition) is 2. The second kappa shape index (κ2) is 7.85. The highest BCUT2D eigenvalue weighted by Crippen LogP contribution is 2.36. The van der Waals surface area contributed by atoms with E-state index < -0.39 is 5.60 Å². The van der Waals surface area contributed by atoms with Crippen LogP contribution in [0.4, 0.5) is 17.2 Å². The van der Waals surface area contributed by atoms with Crippen molar-refractivity contribution in [2.75, 3.05) is 30.4 Å². The van der Waals surface area contributed by atoms with Crippen LogP contribution in [0.15, 0.2) is 60.0 Å². The van der Waals surface area contributed by atoms with E-state index in [-0.39, 0.29) is 0 Å². The molecule has 2 aromatic heterocycles. The van der Waals surface area contributed by atoms with Gasteiger partial charge in [-0.15, -0.1) is 0 Å². The van der Waals surface area contributed by atoms with Gasteiger partial charge in [-0.2, -0.15) is 0 Å². The normalized spacial score (nSPS) is 19.1. The van der Waals surface area contributed by atoms with Crippen molar-refractivity contribution in [3.63, 3.8) is 0 Å². The quantitative estimate of drug-likeness (QED) is 0.473. The number of aliphatic imine (C=N–C) groups is 1. The van der Waals surface area contributed by atoms with Gasteiger partial charge in [0, 0.05) is 55.2 Å². The Morgan fingerprint density at radius 3 is 2.91 bits per heavy atom. The van der Waals surface area contributed by atoms with Gasteiger partial charge in [-0.3, -0.25) is 4.99 Å². The molecule has 1 fully saturated rings. The molecule has 2 N–H and O–H groups in total. The van der Waals surface area contributed by atoms with Crippen LogP contribution in [0, 0.1) is 0 Å². The SMILES string of the molecule is COc1cc(Nc2nc(-c3ccc4c(c3)CN=C4)cn3ccnc23)ccc1N1CCC(C)(O)C1. The maximum Gasteiger partial charge on any atom is 0.180 e. The number of benzene rings is 2. The van der Waals surface area contributed by atoms with Crippen molar-refractivity contribution in [1.82, 2.24) is 14.4 Å². The van der Waals surface area contributed by atoms with E-state index in [0.29, 0.717) is 18.9 Å². The fourth-order valence-electron chi connectivity index (χ4n) is 4.73. The molecule has 0 amide bonds. The van der Waals surface area contributed by atoms with Crippen LogP contribution >= 0.6 is 0 Å². The zero-order valence-corrected chi connectivity index (χ0v) is 19.2. The highest BCUT2D eigenvalue weighted by Gasteiger charge is 2.32. The Labute approximate surface area is 197 Å². The van der Waals surface area contributed by atoms with Crippen molar-refractivity contribution in [3.05, 3.63) is 66.1 Å². The number of hydrogen-bond acceptors (Lipinski definition) is 7. The molecular weight excluding hydrogens is 428 g/mol. The molecule has 8 nitrogen and oxygen atoms in total. The lowest BCUT2D eigenvalue weighted by molar-refractivity contribution is 0.0839. The summed E-state index contributed by atoms with van der Waals surface area (Å²) >= 11 is 0. The van der Waals surface area contributed by atoms with Crippen LogP contribution in [0.3, 0.4) is 0 Å². The van der Waals surface area contributed by atoms with Gasteiger partial charge in [0.1, 0.15) is 5.75 Å². The molecule has 1 saturated heterocycles. The smallest absolute Gasteiger partial charge is 0.180 e. The van der Waals surface area contributed by atoms with Crippen LogP contribution in [0.2, 0.25) is 0 Å². The monoisotopic (exact) mass is 454 g/mol. The van der Waals surface area contributed by atoms with Gasteiger partial charge in [0.2, 0.25) is 0 Å². The van der Waals surface area contributed by atoms with E-state index in [2.05, 4.69) is 38.4 Å². The molecule has 0 saturated carbocycles. The van der Waals surface area contributed by atoms with Crippen LogP contribution in [-0.2, 0) is 6.54 Å². The van der Waals surface area contributed by atoms with Gasteiger partial charge in [0.25, 0.3) is 0 Å². The third kappa shape index (κ3) is 3.66. The molecule has 2 aliphatic heterocycles. The van der Waals surface area contributed by atoms with Crippen molar-refractivity contribution in [2.24, 2.45) is 4.99 Å². The Kier molecular flexibility index (Phi) is 4.77. The number of nitrogens with zero attached hydrogens (tertiary/aromatic N) is 5. The van der Waals surface area contributed by atoms with E-state index in [4.69, 9.17) is 9.72 Å². The minimum absolute atomic E-state index is 0.584. The van der Waals surface area contributed by atoms with E-state index in [9.17, 15) is 5.11 Å². The fourth-order valence-corrected chi connectivity index (χ4v) is 4.73. The Hall–Kier alpha value is -3.91. The van der Waals surface area contributed by atoms with Gasteiger partial charge in [0.15, 0.2) is 11.5 Å². The zero-order valence-electron chi connectivity index (χ0n) is 19.2. The summed E-state index contributed by atoms with van der Waals surface area (Å²) in [6.45, 7) is 3.96. The summed E-state index contributed by atoms with van der Waals surface area (Å²) in [5, 5.41) is 13.8. The first-order chi connectivity index (χ1) is 16.5. The number of anilines is 3. The van der Waals surface area contributed by atoms with Crippen LogP contribution in [0.1, 0.15) is 24.5 Å². The average Bonchev–Trinajstić information content (AvgIpc) is 3.57. The van der Waals surface area contributed by atoms with E-state index in [1.807, 2.05) is 48.1 Å². The number of imidazole rings is 1. The highest BCUT2D eigenvalue weighted by atomic mass is 16.5. The van der Waals surface area contributed by atoms with Crippen LogP contribution in [0.5, 0.6) is 5.75 Å². The molecule has 2 aromatic carbocycles. The van der Waals surface area contributed by atoms with Gasteiger partial charge in [-0.25, -0.2) is 9.97 Å². The first-order valence-corrected chi connectivity index (χ1v) is 11.4. The Bertz CT molecular complexity index is 1420. The van der Waals surface area contributed by atoms with Crippen molar-refractivity contribution in [2.45, 2.75) is 25.5 Å². The van der Waals surface area contributed by atoms with Crippen molar-refractivity contribution >= 4 is 29.1 Å². The Morgan fingerprint density at radius 1 is 1.18 bits per heavy atom. The van der Waals surface area contributed by atoms with E-state index in [1.54, 1.807) is 13.3 Å². The summed E-state index contributed by atoms with van der Waals surface area (Å²) in [6.07, 6.45) is 8.34. The molecule has 1 atom stereocenters. The molecule has 4 aromatic rings. The lowest BCUT2D eigenvalue weighted by Crippen LogP contribution is -2.29. The van der Waals surface area contributed by atoms with Gasteiger partial charge >= 0.3 is 0 Å². The van der Waals surface area contributed by atoms with Crippen molar-refractivity contribution in [1.29, 1.82) is 0 Å². The predicted molar refractivity (Wildman–Crippen MR) is 133 cm³/mol. The lowest BCUT2D eigenvalue weighted by Gasteiger charge is -2.23. The molecule has 2 aliphatic rings. The molecule has 0 radical (unpaired) electrons. The molecule has 0 spiro atoms. The van der Waals surface area contributed by atoms with Gasteiger partial charge < -0.3 is 24.5 Å². The summed E-state index contributed by atoms with van der Waals surface area (Å²) < 4.78 is 7.67. The minimum atomic E-state index is -0.678. The summed E-state index contributed by atoms with van der Waals surface area (Å²) in [5.41, 5.74) is 6.15. The first kappa shape index (κ1) is 20.7. The number of ether oxygens (including phenoxy) is 1. The van der Waals surface area contributed by atoms with E-state index in [1.165, 1.54) is 5.56 Å². The Balaban J connectivity index is 1.34. The average molecular weight is 455 g/mol. The summed E-state index contributed by atoms with van der Waals surface area (Å²) in [7, 11) is 1.67. The maximum absolute atomic E-state index is 10.4. The maximum atomic E-state index is 10.4. The second-order valence-corrected chi connectivity index (χ2v) is 9.20. The largest absolute Gasteiger partial charge is 0.495 e. The minimum Gasteiger partial charge on any atom is -0.495 e. The van der Waals surface area contributed by atoms with Crippen molar-refractivity contribution < 1.29 is 9.84 Å². The molecule has 172 valence electrons. The third-order valence-corrected chi connectivity index (χ3v) is 6.54. The highest BCUT2D eigenvalue weighted by molar-refractivity contribution is 5.86. The number of aromatic nitrogens is 3. The van der Waals surface area contributed by atoms with E-state index >= 15 is 0 Å². The molecular formula is C26H26N6O2. The lowest BCUT2D eigenvalue weighted by atomic mass is 10.0. The molecule has 6 rings (SSSR count). The second-order valence-electron chi connectivity index (χ2n) is 9.20. The topological polar surface area (TPSA) is 87.3 Å². The number of fused-ring (bicyclic) bond motifs is 2. The number of nitrogens with one attached hydrogen (secondary N) is 1. The molecule has 8 heteroatoms. The molecule has 1 unspecified atom stereocenters. The first-order valence-electron chi connectivity index (χ1n) is 11.4. The Morgan fingerprint density at radius 2 is 2.09 bits per heavy atom. The number of aliphatic hydroxyl groups is 1. The van der Waals surface area contributed by atoms with Crippen LogP contribution in [-0.4, -0.2) is 51.5 Å². The van der Waals surface area contributed by atoms with Gasteiger partial charge in [0.05, 0.1) is 30.6 Å². The fraction of sp³-hybridized carbons (Fsp3) is 0.269. The summed E-state index contributed by atoms with van der Waals surface area (Å²) in [5.74, 6) is 1.41. The molecule has 0 aliphatic carbocycles. The molecule has 34 heavy (non-hydrogen) atoms. The van der Waals surface area contributed by atoms with Crippen LogP contribution < -0.4 is 15.0 Å². The molecule has 4 heterocycles. The number of methoxy groups -OCH3 is 1. The molecule has 0 bridgehead atoms. The summed E-state index contributed by atoms with van der Waals surface area (Å²) in [6, 6.07) is 12.3. The van der Waals surface area contributed by atoms with Crippen molar-refractivity contribution in [3.8, 4) is 17.0 Å². The zero-order chi connectivity index (χ0) is 23.3. The van der Waals surface area contributed by atoms with Crippen LogP contribution in [0.25, 0.3) is 16.9 Å².